The molecule has 0 aromatic heterocycles. The molecule has 1 aliphatic rings. The third kappa shape index (κ3) is 5.30. The first kappa shape index (κ1) is 12.7. The Balaban J connectivity index is 2.22. The number of hydrogen-bond acceptors (Lipinski definition) is 4. The van der Waals surface area contributed by atoms with Crippen molar-refractivity contribution >= 4 is 9.84 Å². The molecular weight excluding hydrogens is 214 g/mol. The van der Waals surface area contributed by atoms with Gasteiger partial charge >= 0.3 is 0 Å². The SMILES string of the molecule is C=CCNCCS(=O)(=O)CC1CCCO1. The summed E-state index contributed by atoms with van der Waals surface area (Å²) in [6.45, 7) is 5.38. The van der Waals surface area contributed by atoms with Gasteiger partial charge in [0.25, 0.3) is 0 Å². The van der Waals surface area contributed by atoms with Gasteiger partial charge in [0, 0.05) is 19.7 Å². The summed E-state index contributed by atoms with van der Waals surface area (Å²) in [6.07, 6.45) is 3.50. The first-order chi connectivity index (χ1) is 7.14. The van der Waals surface area contributed by atoms with Gasteiger partial charge in [0.2, 0.25) is 0 Å². The molecule has 1 unspecified atom stereocenters. The van der Waals surface area contributed by atoms with Crippen LogP contribution in [-0.4, -0.2) is 45.7 Å². The Kier molecular flexibility index (Phi) is 5.28. The van der Waals surface area contributed by atoms with Gasteiger partial charge in [-0.25, -0.2) is 8.42 Å². The Morgan fingerprint density at radius 3 is 2.93 bits per heavy atom. The minimum absolute atomic E-state index is 0.0746. The van der Waals surface area contributed by atoms with Crippen LogP contribution in [0.4, 0.5) is 0 Å². The zero-order valence-corrected chi connectivity index (χ0v) is 9.76. The minimum Gasteiger partial charge on any atom is -0.377 e. The van der Waals surface area contributed by atoms with E-state index in [1.54, 1.807) is 6.08 Å². The van der Waals surface area contributed by atoms with E-state index in [2.05, 4.69) is 11.9 Å². The van der Waals surface area contributed by atoms with Gasteiger partial charge in [0.1, 0.15) is 0 Å². The Bertz CT molecular complexity index is 281. The van der Waals surface area contributed by atoms with Crippen LogP contribution < -0.4 is 5.32 Å². The highest BCUT2D eigenvalue weighted by Gasteiger charge is 2.22. The summed E-state index contributed by atoms with van der Waals surface area (Å²) in [4.78, 5) is 0. The largest absolute Gasteiger partial charge is 0.377 e. The quantitative estimate of drug-likeness (QED) is 0.509. The molecule has 15 heavy (non-hydrogen) atoms. The summed E-state index contributed by atoms with van der Waals surface area (Å²) in [5.41, 5.74) is 0. The molecule has 0 aromatic carbocycles. The lowest BCUT2D eigenvalue weighted by Gasteiger charge is -2.10. The summed E-state index contributed by atoms with van der Waals surface area (Å²) in [6, 6.07) is 0. The highest BCUT2D eigenvalue weighted by Crippen LogP contribution is 2.13. The van der Waals surface area contributed by atoms with E-state index < -0.39 is 9.84 Å². The lowest BCUT2D eigenvalue weighted by molar-refractivity contribution is 0.127. The van der Waals surface area contributed by atoms with Crippen LogP contribution in [0, 0.1) is 0 Å². The number of sulfone groups is 1. The molecule has 1 rings (SSSR count). The van der Waals surface area contributed by atoms with Crippen LogP contribution in [-0.2, 0) is 14.6 Å². The Morgan fingerprint density at radius 2 is 2.33 bits per heavy atom. The molecule has 0 radical (unpaired) electrons. The van der Waals surface area contributed by atoms with Crippen LogP contribution in [0.25, 0.3) is 0 Å². The van der Waals surface area contributed by atoms with Crippen molar-refractivity contribution in [1.29, 1.82) is 0 Å². The van der Waals surface area contributed by atoms with Crippen molar-refractivity contribution in [3.8, 4) is 0 Å². The fraction of sp³-hybridized carbons (Fsp3) is 0.800. The lowest BCUT2D eigenvalue weighted by atomic mass is 10.3. The molecule has 1 saturated heterocycles. The summed E-state index contributed by atoms with van der Waals surface area (Å²) in [5.74, 6) is 0.351. The monoisotopic (exact) mass is 233 g/mol. The molecule has 0 bridgehead atoms. The Labute approximate surface area is 91.6 Å². The second kappa shape index (κ2) is 6.25. The van der Waals surface area contributed by atoms with Gasteiger partial charge in [0.15, 0.2) is 9.84 Å². The van der Waals surface area contributed by atoms with Crippen LogP contribution in [0.1, 0.15) is 12.8 Å². The fourth-order valence-corrected chi connectivity index (χ4v) is 3.03. The number of rotatable bonds is 7. The average Bonchev–Trinajstić information content (AvgIpc) is 2.64. The van der Waals surface area contributed by atoms with E-state index in [1.807, 2.05) is 0 Å². The Hall–Kier alpha value is -0.390. The summed E-state index contributed by atoms with van der Waals surface area (Å²) < 4.78 is 28.5. The smallest absolute Gasteiger partial charge is 0.154 e. The fourth-order valence-electron chi connectivity index (χ4n) is 1.57. The molecule has 1 fully saturated rings. The van der Waals surface area contributed by atoms with Gasteiger partial charge in [0.05, 0.1) is 17.6 Å². The zero-order valence-electron chi connectivity index (χ0n) is 8.94. The molecule has 1 atom stereocenters. The first-order valence-corrected chi connectivity index (χ1v) is 7.10. The standard InChI is InChI=1S/C10H19NO3S/c1-2-5-11-6-8-15(12,13)9-10-4-3-7-14-10/h2,10-11H,1,3-9H2. The lowest BCUT2D eigenvalue weighted by Crippen LogP contribution is -2.28. The van der Waals surface area contributed by atoms with Crippen molar-refractivity contribution < 1.29 is 13.2 Å². The van der Waals surface area contributed by atoms with Gasteiger partial charge < -0.3 is 10.1 Å². The highest BCUT2D eigenvalue weighted by molar-refractivity contribution is 7.91. The maximum atomic E-state index is 11.6. The molecular formula is C10H19NO3S. The van der Waals surface area contributed by atoms with Gasteiger partial charge in [-0.2, -0.15) is 0 Å². The van der Waals surface area contributed by atoms with E-state index in [9.17, 15) is 8.42 Å². The van der Waals surface area contributed by atoms with Crippen LogP contribution in [0.5, 0.6) is 0 Å². The molecule has 1 aliphatic heterocycles. The maximum Gasteiger partial charge on any atom is 0.154 e. The predicted molar refractivity (Wildman–Crippen MR) is 60.7 cm³/mol. The molecule has 4 nitrogen and oxygen atoms in total. The van der Waals surface area contributed by atoms with E-state index in [1.165, 1.54) is 0 Å². The summed E-state index contributed by atoms with van der Waals surface area (Å²) >= 11 is 0. The second-order valence-corrected chi connectivity index (χ2v) is 5.97. The van der Waals surface area contributed by atoms with Crippen LogP contribution >= 0.6 is 0 Å². The highest BCUT2D eigenvalue weighted by atomic mass is 32.2. The molecule has 0 aromatic rings. The van der Waals surface area contributed by atoms with E-state index in [0.29, 0.717) is 19.7 Å². The van der Waals surface area contributed by atoms with E-state index in [0.717, 1.165) is 12.8 Å². The molecule has 1 heterocycles. The minimum atomic E-state index is -2.97. The molecule has 0 amide bonds. The molecule has 1 N–H and O–H groups in total. The molecule has 0 saturated carbocycles. The third-order valence-electron chi connectivity index (χ3n) is 2.34. The predicted octanol–water partition coefficient (Wildman–Crippen LogP) is 0.356. The van der Waals surface area contributed by atoms with Crippen molar-refractivity contribution in [2.24, 2.45) is 0 Å². The van der Waals surface area contributed by atoms with Crippen LogP contribution in [0.15, 0.2) is 12.7 Å². The number of ether oxygens (including phenoxy) is 1. The van der Waals surface area contributed by atoms with Crippen molar-refractivity contribution in [2.45, 2.75) is 18.9 Å². The van der Waals surface area contributed by atoms with Crippen molar-refractivity contribution in [1.82, 2.24) is 5.32 Å². The van der Waals surface area contributed by atoms with E-state index in [-0.39, 0.29) is 17.6 Å². The summed E-state index contributed by atoms with van der Waals surface area (Å²) in [7, 11) is -2.97. The van der Waals surface area contributed by atoms with E-state index in [4.69, 9.17) is 4.74 Å². The van der Waals surface area contributed by atoms with Crippen molar-refractivity contribution in [3.63, 3.8) is 0 Å². The topological polar surface area (TPSA) is 55.4 Å². The first-order valence-electron chi connectivity index (χ1n) is 5.28. The van der Waals surface area contributed by atoms with Gasteiger partial charge in [-0.05, 0) is 12.8 Å². The molecule has 0 aliphatic carbocycles. The van der Waals surface area contributed by atoms with Crippen molar-refractivity contribution in [2.75, 3.05) is 31.2 Å². The number of hydrogen-bond donors (Lipinski definition) is 1. The normalized spacial score (nSPS) is 21.7. The van der Waals surface area contributed by atoms with Gasteiger partial charge in [-0.3, -0.25) is 0 Å². The third-order valence-corrected chi connectivity index (χ3v) is 4.05. The second-order valence-electron chi connectivity index (χ2n) is 3.74. The van der Waals surface area contributed by atoms with Crippen LogP contribution in [0.3, 0.4) is 0 Å². The van der Waals surface area contributed by atoms with E-state index >= 15 is 0 Å². The molecule has 0 spiro atoms. The number of nitrogens with one attached hydrogen (secondary N) is 1. The maximum absolute atomic E-state index is 11.6. The van der Waals surface area contributed by atoms with Gasteiger partial charge in [-0.1, -0.05) is 6.08 Å². The average molecular weight is 233 g/mol. The summed E-state index contributed by atoms with van der Waals surface area (Å²) in [5, 5.41) is 2.98. The van der Waals surface area contributed by atoms with Crippen molar-refractivity contribution in [3.05, 3.63) is 12.7 Å². The van der Waals surface area contributed by atoms with Gasteiger partial charge in [-0.15, -0.1) is 6.58 Å². The zero-order chi connectivity index (χ0) is 11.1. The van der Waals surface area contributed by atoms with Crippen LogP contribution in [0.2, 0.25) is 0 Å². The molecule has 88 valence electrons. The molecule has 5 heteroatoms. The Morgan fingerprint density at radius 1 is 1.53 bits per heavy atom.